The third kappa shape index (κ3) is 2.75. The summed E-state index contributed by atoms with van der Waals surface area (Å²) < 4.78 is 16.7. The van der Waals surface area contributed by atoms with E-state index in [4.69, 9.17) is 14.2 Å². The Morgan fingerprint density at radius 1 is 0.862 bits per heavy atom. The highest BCUT2D eigenvalue weighted by molar-refractivity contribution is 6.12. The number of nitrogens with zero attached hydrogens (tertiary/aromatic N) is 1. The molecule has 5 rings (SSSR count). The summed E-state index contributed by atoms with van der Waals surface area (Å²) in [6.07, 6.45) is 2.90. The highest BCUT2D eigenvalue weighted by atomic mass is 16.5. The number of aliphatic hydroxyl groups excluding tert-OH is 1. The molecule has 5 heteroatoms. The second-order valence-corrected chi connectivity index (χ2v) is 8.03. The standard InChI is InChI=1S/C24H27NO4/c1-27-14-7-8-15-16(10-14)17-11-21(28-2)22(29-3)12-18(17)23-19(15)13-25-9-5-4-6-20(25)24(23)26/h7-8,10-12,20,24,26H,4-6,9,13H2,1-3H3. The van der Waals surface area contributed by atoms with Crippen LogP contribution in [0.4, 0.5) is 0 Å². The predicted octanol–water partition coefficient (Wildman–Crippen LogP) is 4.42. The lowest BCUT2D eigenvalue weighted by molar-refractivity contribution is 0.00754. The summed E-state index contributed by atoms with van der Waals surface area (Å²) in [7, 11) is 4.99. The van der Waals surface area contributed by atoms with Crippen LogP contribution in [-0.2, 0) is 6.54 Å². The van der Waals surface area contributed by atoms with Crippen LogP contribution in [0.1, 0.15) is 36.5 Å². The molecule has 0 amide bonds. The largest absolute Gasteiger partial charge is 0.497 e. The van der Waals surface area contributed by atoms with Crippen molar-refractivity contribution in [3.05, 3.63) is 41.5 Å². The third-order valence-corrected chi connectivity index (χ3v) is 6.67. The number of hydrogen-bond acceptors (Lipinski definition) is 5. The second kappa shape index (κ2) is 7.08. The summed E-state index contributed by atoms with van der Waals surface area (Å²) >= 11 is 0. The first kappa shape index (κ1) is 18.5. The fourth-order valence-corrected chi connectivity index (χ4v) is 5.24. The molecule has 0 spiro atoms. The quantitative estimate of drug-likeness (QED) is 0.668. The molecule has 1 saturated heterocycles. The maximum atomic E-state index is 11.5. The van der Waals surface area contributed by atoms with Crippen molar-refractivity contribution in [2.75, 3.05) is 27.9 Å². The lowest BCUT2D eigenvalue weighted by Crippen LogP contribution is -2.46. The van der Waals surface area contributed by atoms with Gasteiger partial charge in [-0.15, -0.1) is 0 Å². The lowest BCUT2D eigenvalue weighted by atomic mass is 9.80. The van der Waals surface area contributed by atoms with Gasteiger partial charge in [0.25, 0.3) is 0 Å². The van der Waals surface area contributed by atoms with Crippen molar-refractivity contribution in [3.63, 3.8) is 0 Å². The average molecular weight is 393 g/mol. The predicted molar refractivity (Wildman–Crippen MR) is 114 cm³/mol. The van der Waals surface area contributed by atoms with Gasteiger partial charge >= 0.3 is 0 Å². The van der Waals surface area contributed by atoms with Gasteiger partial charge in [-0.2, -0.15) is 0 Å². The van der Waals surface area contributed by atoms with Crippen LogP contribution in [0.15, 0.2) is 30.3 Å². The number of hydrogen-bond donors (Lipinski definition) is 1. The Hall–Kier alpha value is -2.50. The Labute approximate surface area is 170 Å². The summed E-state index contributed by atoms with van der Waals surface area (Å²) in [4.78, 5) is 2.45. The molecule has 1 N–H and O–H groups in total. The summed E-state index contributed by atoms with van der Waals surface area (Å²) in [5.74, 6) is 2.19. The molecule has 0 radical (unpaired) electrons. The van der Waals surface area contributed by atoms with Gasteiger partial charge in [0.15, 0.2) is 11.5 Å². The van der Waals surface area contributed by atoms with Crippen LogP contribution in [-0.4, -0.2) is 43.9 Å². The minimum absolute atomic E-state index is 0.184. The fraction of sp³-hybridized carbons (Fsp3) is 0.417. The van der Waals surface area contributed by atoms with E-state index in [9.17, 15) is 5.11 Å². The van der Waals surface area contributed by atoms with Crippen molar-refractivity contribution in [1.29, 1.82) is 0 Å². The molecule has 2 atom stereocenters. The van der Waals surface area contributed by atoms with Crippen LogP contribution in [0.3, 0.4) is 0 Å². The fourth-order valence-electron chi connectivity index (χ4n) is 5.24. The second-order valence-electron chi connectivity index (χ2n) is 8.03. The van der Waals surface area contributed by atoms with Crippen LogP contribution >= 0.6 is 0 Å². The first-order valence-corrected chi connectivity index (χ1v) is 10.3. The third-order valence-electron chi connectivity index (χ3n) is 6.67. The van der Waals surface area contributed by atoms with Crippen molar-refractivity contribution in [2.24, 2.45) is 0 Å². The van der Waals surface area contributed by atoms with E-state index >= 15 is 0 Å². The van der Waals surface area contributed by atoms with Crippen molar-refractivity contribution < 1.29 is 19.3 Å². The number of rotatable bonds is 3. The molecule has 3 aromatic rings. The molecule has 2 unspecified atom stereocenters. The van der Waals surface area contributed by atoms with Crippen molar-refractivity contribution in [3.8, 4) is 17.2 Å². The lowest BCUT2D eigenvalue weighted by Gasteiger charge is -2.44. The Kier molecular flexibility index (Phi) is 4.52. The van der Waals surface area contributed by atoms with Crippen LogP contribution in [0.5, 0.6) is 17.2 Å². The van der Waals surface area contributed by atoms with Crippen LogP contribution in [0, 0.1) is 0 Å². The molecule has 0 saturated carbocycles. The Balaban J connectivity index is 1.89. The van der Waals surface area contributed by atoms with Crippen LogP contribution < -0.4 is 14.2 Å². The smallest absolute Gasteiger partial charge is 0.161 e. The number of aliphatic hydroxyl groups is 1. The van der Waals surface area contributed by atoms with E-state index in [1.165, 1.54) is 23.8 Å². The molecule has 152 valence electrons. The monoisotopic (exact) mass is 393 g/mol. The van der Waals surface area contributed by atoms with E-state index in [-0.39, 0.29) is 6.04 Å². The number of piperidine rings is 1. The van der Waals surface area contributed by atoms with Crippen molar-refractivity contribution >= 4 is 21.5 Å². The number of benzene rings is 3. The molecule has 3 aromatic carbocycles. The van der Waals surface area contributed by atoms with Gasteiger partial charge in [0.2, 0.25) is 0 Å². The van der Waals surface area contributed by atoms with Gasteiger partial charge in [0.1, 0.15) is 5.75 Å². The molecule has 2 aliphatic heterocycles. The summed E-state index contributed by atoms with van der Waals surface area (Å²) in [6.45, 7) is 1.91. The van der Waals surface area contributed by atoms with Gasteiger partial charge < -0.3 is 19.3 Å². The van der Waals surface area contributed by atoms with Gasteiger partial charge in [-0.25, -0.2) is 0 Å². The zero-order chi connectivity index (χ0) is 20.1. The van der Waals surface area contributed by atoms with Gasteiger partial charge in [-0.1, -0.05) is 12.5 Å². The van der Waals surface area contributed by atoms with E-state index in [1.807, 2.05) is 18.2 Å². The van der Waals surface area contributed by atoms with E-state index < -0.39 is 6.10 Å². The first-order valence-electron chi connectivity index (χ1n) is 10.3. The van der Waals surface area contributed by atoms with E-state index in [0.717, 1.165) is 47.0 Å². The molecule has 0 aromatic heterocycles. The number of methoxy groups -OCH3 is 3. The average Bonchev–Trinajstić information content (AvgIpc) is 2.77. The van der Waals surface area contributed by atoms with Gasteiger partial charge in [0, 0.05) is 12.6 Å². The molecule has 5 nitrogen and oxygen atoms in total. The molecule has 2 aliphatic rings. The SMILES string of the molecule is COc1ccc2c3c(c4cc(OC)c(OC)cc4c2c1)C(O)C1CCCCN1C3. The molecule has 0 bridgehead atoms. The maximum absolute atomic E-state index is 11.5. The Morgan fingerprint density at radius 3 is 2.31 bits per heavy atom. The minimum Gasteiger partial charge on any atom is -0.497 e. The molecular formula is C24H27NO4. The molecule has 29 heavy (non-hydrogen) atoms. The summed E-state index contributed by atoms with van der Waals surface area (Å²) in [6, 6.07) is 10.4. The molecule has 2 heterocycles. The van der Waals surface area contributed by atoms with E-state index in [2.05, 4.69) is 17.0 Å². The van der Waals surface area contributed by atoms with E-state index in [1.54, 1.807) is 21.3 Å². The number of fused-ring (bicyclic) bond motifs is 7. The van der Waals surface area contributed by atoms with Crippen LogP contribution in [0.25, 0.3) is 21.5 Å². The van der Waals surface area contributed by atoms with Crippen LogP contribution in [0.2, 0.25) is 0 Å². The zero-order valence-electron chi connectivity index (χ0n) is 17.2. The first-order chi connectivity index (χ1) is 14.2. The molecule has 0 aliphatic carbocycles. The Bertz CT molecular complexity index is 1090. The zero-order valence-corrected chi connectivity index (χ0v) is 17.2. The highest BCUT2D eigenvalue weighted by Gasteiger charge is 2.37. The van der Waals surface area contributed by atoms with E-state index in [0.29, 0.717) is 11.5 Å². The normalized spacial score (nSPS) is 21.7. The Morgan fingerprint density at radius 2 is 1.59 bits per heavy atom. The summed E-state index contributed by atoms with van der Waals surface area (Å²) in [5, 5.41) is 15.8. The van der Waals surface area contributed by atoms with Gasteiger partial charge in [-0.3, -0.25) is 4.90 Å². The number of ether oxygens (including phenoxy) is 3. The maximum Gasteiger partial charge on any atom is 0.161 e. The minimum atomic E-state index is -0.508. The van der Waals surface area contributed by atoms with Crippen molar-refractivity contribution in [1.82, 2.24) is 4.90 Å². The van der Waals surface area contributed by atoms with Gasteiger partial charge in [0.05, 0.1) is 27.4 Å². The van der Waals surface area contributed by atoms with Crippen molar-refractivity contribution in [2.45, 2.75) is 38.0 Å². The molecular weight excluding hydrogens is 366 g/mol. The van der Waals surface area contributed by atoms with Gasteiger partial charge in [-0.05, 0) is 76.3 Å². The highest BCUT2D eigenvalue weighted by Crippen LogP contribution is 2.47. The molecule has 1 fully saturated rings. The topological polar surface area (TPSA) is 51.2 Å². The summed E-state index contributed by atoms with van der Waals surface area (Å²) in [5.41, 5.74) is 2.26.